The number of para-hydroxylation sites is 1. The summed E-state index contributed by atoms with van der Waals surface area (Å²) in [5.41, 5.74) is 8.95. The number of rotatable bonds is 4. The normalized spacial score (nSPS) is 11.2. The maximum atomic E-state index is 12.0. The number of ketones is 1. The molecule has 0 fully saturated rings. The average Bonchev–Trinajstić information content (AvgIpc) is 2.90. The van der Waals surface area contributed by atoms with E-state index in [4.69, 9.17) is 5.73 Å². The predicted molar refractivity (Wildman–Crippen MR) is 83.8 cm³/mol. The number of pyridine rings is 1. The zero-order chi connectivity index (χ0) is 14.7. The van der Waals surface area contributed by atoms with Gasteiger partial charge in [-0.2, -0.15) is 0 Å². The van der Waals surface area contributed by atoms with Gasteiger partial charge in [-0.3, -0.25) is 4.79 Å². The Balaban J connectivity index is 1.73. The number of hydrogen-bond donors (Lipinski definition) is 1. The van der Waals surface area contributed by atoms with Crippen LogP contribution in [0.3, 0.4) is 0 Å². The maximum absolute atomic E-state index is 12.0. The molecule has 0 atom stereocenters. The molecule has 0 spiro atoms. The van der Waals surface area contributed by atoms with E-state index in [-0.39, 0.29) is 5.78 Å². The van der Waals surface area contributed by atoms with Crippen LogP contribution in [0.25, 0.3) is 11.7 Å². The van der Waals surface area contributed by atoms with Gasteiger partial charge >= 0.3 is 0 Å². The Morgan fingerprint density at radius 2 is 2.00 bits per heavy atom. The fraction of sp³-hybridized carbons (Fsp3) is 0.0588. The minimum atomic E-state index is 0.00459. The first-order valence-electron chi connectivity index (χ1n) is 6.70. The highest BCUT2D eigenvalue weighted by Crippen LogP contribution is 2.12. The van der Waals surface area contributed by atoms with Gasteiger partial charge in [-0.1, -0.05) is 24.3 Å². The molecule has 21 heavy (non-hydrogen) atoms. The first kappa shape index (κ1) is 13.1. The van der Waals surface area contributed by atoms with Crippen LogP contribution >= 0.6 is 0 Å². The number of benzene rings is 1. The molecule has 3 rings (SSSR count). The third-order valence-corrected chi connectivity index (χ3v) is 3.24. The molecular formula is C17H15N3O. The van der Waals surface area contributed by atoms with Crippen LogP contribution in [0.5, 0.6) is 0 Å². The van der Waals surface area contributed by atoms with Crippen LogP contribution in [-0.4, -0.2) is 15.2 Å². The van der Waals surface area contributed by atoms with E-state index in [2.05, 4.69) is 4.98 Å². The molecule has 0 unspecified atom stereocenters. The molecule has 1 aromatic carbocycles. The van der Waals surface area contributed by atoms with Crippen molar-refractivity contribution < 1.29 is 4.79 Å². The van der Waals surface area contributed by atoms with Crippen LogP contribution < -0.4 is 5.73 Å². The van der Waals surface area contributed by atoms with Crippen LogP contribution in [0.15, 0.2) is 60.9 Å². The maximum Gasteiger partial charge on any atom is 0.160 e. The summed E-state index contributed by atoms with van der Waals surface area (Å²) in [7, 11) is 0. The van der Waals surface area contributed by atoms with Crippen molar-refractivity contribution in [2.45, 2.75) is 6.42 Å². The molecule has 0 aliphatic carbocycles. The van der Waals surface area contributed by atoms with Crippen molar-refractivity contribution in [2.24, 2.45) is 0 Å². The molecule has 0 amide bonds. The molecule has 4 nitrogen and oxygen atoms in total. The van der Waals surface area contributed by atoms with Crippen molar-refractivity contribution in [1.29, 1.82) is 0 Å². The molecule has 0 aliphatic heterocycles. The van der Waals surface area contributed by atoms with Crippen molar-refractivity contribution in [3.8, 4) is 0 Å². The van der Waals surface area contributed by atoms with E-state index in [1.165, 1.54) is 0 Å². The summed E-state index contributed by atoms with van der Waals surface area (Å²) in [6.07, 6.45) is 7.39. The van der Waals surface area contributed by atoms with E-state index in [0.29, 0.717) is 12.1 Å². The lowest BCUT2D eigenvalue weighted by atomic mass is 10.1. The molecule has 0 aliphatic rings. The molecule has 3 aromatic rings. The van der Waals surface area contributed by atoms with Gasteiger partial charge in [-0.25, -0.2) is 4.98 Å². The van der Waals surface area contributed by atoms with Crippen LogP contribution in [-0.2, 0) is 11.2 Å². The topological polar surface area (TPSA) is 60.4 Å². The van der Waals surface area contributed by atoms with Gasteiger partial charge in [0, 0.05) is 24.5 Å². The minimum absolute atomic E-state index is 0.00459. The number of allylic oxidation sites excluding steroid dienone is 1. The molecule has 0 saturated heterocycles. The number of nitrogens with zero attached hydrogens (tertiary/aromatic N) is 2. The predicted octanol–water partition coefficient (Wildman–Crippen LogP) is 2.74. The van der Waals surface area contributed by atoms with Crippen LogP contribution in [0.4, 0.5) is 5.69 Å². The van der Waals surface area contributed by atoms with Gasteiger partial charge in [0.15, 0.2) is 5.78 Å². The number of imidazole rings is 1. The van der Waals surface area contributed by atoms with E-state index in [1.54, 1.807) is 18.2 Å². The monoisotopic (exact) mass is 277 g/mol. The van der Waals surface area contributed by atoms with Crippen molar-refractivity contribution >= 4 is 23.2 Å². The Hall–Kier alpha value is -2.88. The first-order chi connectivity index (χ1) is 10.2. The number of carbonyl (C=O) groups excluding carboxylic acids is 1. The van der Waals surface area contributed by atoms with Crippen LogP contribution in [0.1, 0.15) is 11.3 Å². The van der Waals surface area contributed by atoms with E-state index in [9.17, 15) is 4.79 Å². The summed E-state index contributed by atoms with van der Waals surface area (Å²) in [4.78, 5) is 16.4. The number of fused-ring (bicyclic) bond motifs is 1. The van der Waals surface area contributed by atoms with Crippen LogP contribution in [0, 0.1) is 0 Å². The van der Waals surface area contributed by atoms with Gasteiger partial charge in [0.1, 0.15) is 5.65 Å². The molecule has 2 N–H and O–H groups in total. The standard InChI is InChI=1S/C17H15N3O/c18-16-6-2-1-5-13(16)11-15(21)9-8-14-12-20-10-4-3-7-17(20)19-14/h1-10,12H,11,18H2/b9-8+. The Kier molecular flexibility index (Phi) is 3.51. The number of anilines is 1. The lowest BCUT2D eigenvalue weighted by Gasteiger charge is -2.01. The molecule has 0 saturated carbocycles. The van der Waals surface area contributed by atoms with E-state index in [1.807, 2.05) is 53.2 Å². The van der Waals surface area contributed by atoms with Crippen LogP contribution in [0.2, 0.25) is 0 Å². The third-order valence-electron chi connectivity index (χ3n) is 3.24. The summed E-state index contributed by atoms with van der Waals surface area (Å²) in [6.45, 7) is 0. The lowest BCUT2D eigenvalue weighted by Crippen LogP contribution is -2.01. The molecule has 4 heteroatoms. The van der Waals surface area contributed by atoms with E-state index < -0.39 is 0 Å². The van der Waals surface area contributed by atoms with Crippen molar-refractivity contribution in [3.63, 3.8) is 0 Å². The van der Waals surface area contributed by atoms with Gasteiger partial charge in [0.05, 0.1) is 5.69 Å². The first-order valence-corrected chi connectivity index (χ1v) is 6.70. The number of carbonyl (C=O) groups is 1. The van der Waals surface area contributed by atoms with Gasteiger partial charge in [0.2, 0.25) is 0 Å². The second kappa shape index (κ2) is 5.63. The third kappa shape index (κ3) is 3.00. The number of hydrogen-bond acceptors (Lipinski definition) is 3. The zero-order valence-corrected chi connectivity index (χ0v) is 11.4. The second-order valence-corrected chi connectivity index (χ2v) is 4.81. The zero-order valence-electron chi connectivity index (χ0n) is 11.4. The quantitative estimate of drug-likeness (QED) is 0.589. The average molecular weight is 277 g/mol. The van der Waals surface area contributed by atoms with Gasteiger partial charge in [-0.05, 0) is 35.9 Å². The highest BCUT2D eigenvalue weighted by atomic mass is 16.1. The summed E-state index contributed by atoms with van der Waals surface area (Å²) in [5.74, 6) is 0.00459. The van der Waals surface area contributed by atoms with Gasteiger partial charge in [-0.15, -0.1) is 0 Å². The number of nitrogens with two attached hydrogens (primary N) is 1. The minimum Gasteiger partial charge on any atom is -0.398 e. The highest BCUT2D eigenvalue weighted by Gasteiger charge is 2.03. The summed E-state index contributed by atoms with van der Waals surface area (Å²) >= 11 is 0. The van der Waals surface area contributed by atoms with Gasteiger partial charge in [0.25, 0.3) is 0 Å². The molecule has 104 valence electrons. The van der Waals surface area contributed by atoms with E-state index >= 15 is 0 Å². The Morgan fingerprint density at radius 3 is 2.81 bits per heavy atom. The number of nitrogen functional groups attached to an aromatic ring is 1. The molecule has 2 aromatic heterocycles. The molecule has 0 bridgehead atoms. The Labute approximate surface area is 122 Å². The largest absolute Gasteiger partial charge is 0.398 e. The lowest BCUT2D eigenvalue weighted by molar-refractivity contribution is -0.113. The van der Waals surface area contributed by atoms with Crippen molar-refractivity contribution in [2.75, 3.05) is 5.73 Å². The van der Waals surface area contributed by atoms with Crippen molar-refractivity contribution in [3.05, 3.63) is 72.2 Å². The molecule has 0 radical (unpaired) electrons. The summed E-state index contributed by atoms with van der Waals surface area (Å²) in [6, 6.07) is 13.2. The smallest absolute Gasteiger partial charge is 0.160 e. The Bertz CT molecular complexity index is 785. The highest BCUT2D eigenvalue weighted by molar-refractivity contribution is 5.95. The SMILES string of the molecule is Nc1ccccc1CC(=O)/C=C/c1cn2ccccc2n1. The fourth-order valence-corrected chi connectivity index (χ4v) is 2.15. The second-order valence-electron chi connectivity index (χ2n) is 4.81. The van der Waals surface area contributed by atoms with Gasteiger partial charge < -0.3 is 10.1 Å². The van der Waals surface area contributed by atoms with Crippen molar-refractivity contribution in [1.82, 2.24) is 9.38 Å². The molecule has 2 heterocycles. The molecular weight excluding hydrogens is 262 g/mol. The fourth-order valence-electron chi connectivity index (χ4n) is 2.15. The number of aromatic nitrogens is 2. The summed E-state index contributed by atoms with van der Waals surface area (Å²) in [5, 5.41) is 0. The Morgan fingerprint density at radius 1 is 1.19 bits per heavy atom. The van der Waals surface area contributed by atoms with E-state index in [0.717, 1.165) is 16.9 Å². The summed E-state index contributed by atoms with van der Waals surface area (Å²) < 4.78 is 1.92.